The number of morpholine rings is 1. The summed E-state index contributed by atoms with van der Waals surface area (Å²) >= 11 is 0. The van der Waals surface area contributed by atoms with Crippen LogP contribution < -0.4 is 10.6 Å². The molecule has 0 aromatic heterocycles. The summed E-state index contributed by atoms with van der Waals surface area (Å²) in [6, 6.07) is 0.582. The Kier molecular flexibility index (Phi) is 5.38. The first-order chi connectivity index (χ1) is 4.47. The maximum absolute atomic E-state index is 5.48. The fraction of sp³-hybridized carbons (Fsp3) is 1.00. The highest BCUT2D eigenvalue weighted by atomic mass is 35.5. The van der Waals surface area contributed by atoms with E-state index in [-0.39, 0.29) is 24.8 Å². The second-order valence-corrected chi connectivity index (χ2v) is 2.63. The number of ether oxygens (including phenoxy) is 1. The van der Waals surface area contributed by atoms with Gasteiger partial charge in [-0.1, -0.05) is 0 Å². The fourth-order valence-electron chi connectivity index (χ4n) is 1.49. The van der Waals surface area contributed by atoms with Gasteiger partial charge in [-0.15, -0.1) is 24.8 Å². The van der Waals surface area contributed by atoms with Gasteiger partial charge >= 0.3 is 0 Å². The van der Waals surface area contributed by atoms with E-state index in [1.165, 1.54) is 0 Å². The Balaban J connectivity index is 0.000000500. The van der Waals surface area contributed by atoms with E-state index in [9.17, 15) is 0 Å². The molecule has 2 heterocycles. The van der Waals surface area contributed by atoms with E-state index in [1.54, 1.807) is 0 Å². The fourth-order valence-corrected chi connectivity index (χ4v) is 1.49. The minimum atomic E-state index is 0. The van der Waals surface area contributed by atoms with E-state index in [2.05, 4.69) is 10.6 Å². The number of nitrogens with one attached hydrogen (secondary N) is 2. The average Bonchev–Trinajstić information content (AvgIpc) is 2.33. The first kappa shape index (κ1) is 11.5. The topological polar surface area (TPSA) is 33.3 Å². The molecule has 0 radical (unpaired) electrons. The van der Waals surface area contributed by atoms with Crippen LogP contribution in [0.2, 0.25) is 0 Å². The highest BCUT2D eigenvalue weighted by Gasteiger charge is 2.29. The summed E-state index contributed by atoms with van der Waals surface area (Å²) in [7, 11) is 0. The van der Waals surface area contributed by atoms with E-state index in [1.807, 2.05) is 0 Å². The maximum Gasteiger partial charge on any atom is 0.0865 e. The van der Waals surface area contributed by atoms with E-state index in [0.717, 1.165) is 26.2 Å². The van der Waals surface area contributed by atoms with Gasteiger partial charge in [0.2, 0.25) is 0 Å². The maximum atomic E-state index is 5.48. The predicted molar refractivity (Wildman–Crippen MR) is 48.9 cm³/mol. The molecular formula is C6H14Cl2N2O. The molecule has 0 unspecified atom stereocenters. The standard InChI is InChI=1S/C6H12N2O.2ClH/c1-2-9-6-4-7-3-5(6)8-1;;/h5-8H,1-4H2;2*1H/t5-,6-;;/m1../s1. The van der Waals surface area contributed by atoms with Crippen LogP contribution in [0.1, 0.15) is 0 Å². The molecule has 2 fully saturated rings. The summed E-state index contributed by atoms with van der Waals surface area (Å²) in [5.74, 6) is 0. The van der Waals surface area contributed by atoms with Crippen LogP contribution in [-0.4, -0.2) is 38.4 Å². The summed E-state index contributed by atoms with van der Waals surface area (Å²) in [5.41, 5.74) is 0. The van der Waals surface area contributed by atoms with Gasteiger partial charge in [0.05, 0.1) is 12.7 Å². The van der Waals surface area contributed by atoms with Gasteiger partial charge in [0.15, 0.2) is 0 Å². The molecule has 11 heavy (non-hydrogen) atoms. The van der Waals surface area contributed by atoms with Crippen LogP contribution in [0, 0.1) is 0 Å². The van der Waals surface area contributed by atoms with Crippen molar-refractivity contribution < 1.29 is 4.74 Å². The van der Waals surface area contributed by atoms with Gasteiger partial charge in [-0.2, -0.15) is 0 Å². The summed E-state index contributed by atoms with van der Waals surface area (Å²) in [6.07, 6.45) is 0.443. The average molecular weight is 201 g/mol. The number of fused-ring (bicyclic) bond motifs is 1. The van der Waals surface area contributed by atoms with E-state index >= 15 is 0 Å². The Morgan fingerprint density at radius 2 is 2.00 bits per heavy atom. The molecule has 3 nitrogen and oxygen atoms in total. The quantitative estimate of drug-likeness (QED) is 0.569. The number of hydrogen-bond donors (Lipinski definition) is 2. The van der Waals surface area contributed by atoms with Crippen LogP contribution >= 0.6 is 24.8 Å². The molecule has 0 aromatic carbocycles. The number of halogens is 2. The van der Waals surface area contributed by atoms with Crippen molar-refractivity contribution >= 4 is 24.8 Å². The molecule has 5 heteroatoms. The lowest BCUT2D eigenvalue weighted by atomic mass is 10.2. The van der Waals surface area contributed by atoms with E-state index in [0.29, 0.717) is 12.1 Å². The van der Waals surface area contributed by atoms with Crippen molar-refractivity contribution in [2.24, 2.45) is 0 Å². The van der Waals surface area contributed by atoms with Crippen molar-refractivity contribution in [2.45, 2.75) is 12.1 Å². The SMILES string of the molecule is C1CO[C@@H]2CNC[C@H]2N1.Cl.Cl. The minimum Gasteiger partial charge on any atom is -0.374 e. The van der Waals surface area contributed by atoms with Gasteiger partial charge in [-0.3, -0.25) is 0 Å². The molecule has 2 atom stereocenters. The van der Waals surface area contributed by atoms with E-state index in [4.69, 9.17) is 4.74 Å². The van der Waals surface area contributed by atoms with Gasteiger partial charge in [-0.05, 0) is 0 Å². The van der Waals surface area contributed by atoms with Crippen LogP contribution in [-0.2, 0) is 4.74 Å². The van der Waals surface area contributed by atoms with Gasteiger partial charge in [0.25, 0.3) is 0 Å². The first-order valence-electron chi connectivity index (χ1n) is 3.52. The monoisotopic (exact) mass is 200 g/mol. The molecular weight excluding hydrogens is 187 g/mol. The van der Waals surface area contributed by atoms with Crippen LogP contribution in [0.25, 0.3) is 0 Å². The molecule has 0 amide bonds. The molecule has 2 saturated heterocycles. The van der Waals surface area contributed by atoms with Crippen LogP contribution in [0.5, 0.6) is 0 Å². The Labute approximate surface area is 79.1 Å². The van der Waals surface area contributed by atoms with Crippen molar-refractivity contribution in [1.29, 1.82) is 0 Å². The van der Waals surface area contributed by atoms with Crippen molar-refractivity contribution in [3.05, 3.63) is 0 Å². The van der Waals surface area contributed by atoms with Crippen molar-refractivity contribution in [3.63, 3.8) is 0 Å². The van der Waals surface area contributed by atoms with Crippen molar-refractivity contribution in [2.75, 3.05) is 26.2 Å². The Morgan fingerprint density at radius 3 is 2.73 bits per heavy atom. The van der Waals surface area contributed by atoms with Gasteiger partial charge in [0, 0.05) is 25.7 Å². The molecule has 0 bridgehead atoms. The Morgan fingerprint density at radius 1 is 1.18 bits per heavy atom. The highest BCUT2D eigenvalue weighted by molar-refractivity contribution is 5.85. The number of rotatable bonds is 0. The first-order valence-corrected chi connectivity index (χ1v) is 3.52. The van der Waals surface area contributed by atoms with Gasteiger partial charge < -0.3 is 15.4 Å². The highest BCUT2D eigenvalue weighted by Crippen LogP contribution is 2.07. The largest absolute Gasteiger partial charge is 0.374 e. The Hall–Kier alpha value is 0.460. The summed E-state index contributed by atoms with van der Waals surface area (Å²) in [4.78, 5) is 0. The third kappa shape index (κ3) is 2.46. The van der Waals surface area contributed by atoms with Crippen LogP contribution in [0.15, 0.2) is 0 Å². The zero-order chi connectivity index (χ0) is 6.10. The lowest BCUT2D eigenvalue weighted by Gasteiger charge is -2.25. The molecule has 68 valence electrons. The molecule has 0 saturated carbocycles. The molecule has 0 spiro atoms. The molecule has 0 aromatic rings. The zero-order valence-electron chi connectivity index (χ0n) is 6.21. The van der Waals surface area contributed by atoms with Gasteiger partial charge in [0.1, 0.15) is 0 Å². The van der Waals surface area contributed by atoms with Crippen molar-refractivity contribution in [1.82, 2.24) is 10.6 Å². The zero-order valence-corrected chi connectivity index (χ0v) is 7.84. The molecule has 0 aliphatic carbocycles. The lowest BCUT2D eigenvalue weighted by molar-refractivity contribution is 0.0207. The summed E-state index contributed by atoms with van der Waals surface area (Å²) in [5, 5.41) is 6.67. The third-order valence-electron chi connectivity index (χ3n) is 2.00. The Bertz CT molecular complexity index is 103. The molecule has 2 aliphatic heterocycles. The molecule has 2 aliphatic rings. The van der Waals surface area contributed by atoms with Gasteiger partial charge in [-0.25, -0.2) is 0 Å². The third-order valence-corrected chi connectivity index (χ3v) is 2.00. The molecule has 2 rings (SSSR count). The summed E-state index contributed by atoms with van der Waals surface area (Å²) < 4.78 is 5.48. The second kappa shape index (κ2) is 5.17. The lowest BCUT2D eigenvalue weighted by Crippen LogP contribution is -2.47. The number of hydrogen-bond acceptors (Lipinski definition) is 3. The van der Waals surface area contributed by atoms with E-state index < -0.39 is 0 Å². The molecule has 2 N–H and O–H groups in total. The van der Waals surface area contributed by atoms with Crippen molar-refractivity contribution in [3.8, 4) is 0 Å². The smallest absolute Gasteiger partial charge is 0.0865 e. The van der Waals surface area contributed by atoms with Crippen LogP contribution in [0.3, 0.4) is 0 Å². The second-order valence-electron chi connectivity index (χ2n) is 2.63. The summed E-state index contributed by atoms with van der Waals surface area (Å²) in [6.45, 7) is 3.99. The minimum absolute atomic E-state index is 0. The normalized spacial score (nSPS) is 34.9. The predicted octanol–water partition coefficient (Wildman–Crippen LogP) is -0.210. The van der Waals surface area contributed by atoms with Crippen LogP contribution in [0.4, 0.5) is 0 Å².